The van der Waals surface area contributed by atoms with Crippen molar-refractivity contribution in [1.82, 2.24) is 4.90 Å². The molecule has 0 aromatic heterocycles. The second-order valence-electron chi connectivity index (χ2n) is 4.96. The van der Waals surface area contributed by atoms with E-state index in [0.29, 0.717) is 0 Å². The Bertz CT molecular complexity index is 399. The minimum Gasteiger partial charge on any atom is -0.481 e. The SMILES string of the molecule is Cc1ccc(CCN(C)C2CC2C(=O)O)cc1. The Labute approximate surface area is 102 Å². The summed E-state index contributed by atoms with van der Waals surface area (Å²) in [4.78, 5) is 12.9. The smallest absolute Gasteiger partial charge is 0.308 e. The van der Waals surface area contributed by atoms with Gasteiger partial charge in [0.25, 0.3) is 0 Å². The zero-order valence-electron chi connectivity index (χ0n) is 10.4. The third kappa shape index (κ3) is 3.07. The van der Waals surface area contributed by atoms with Gasteiger partial charge in [0, 0.05) is 12.6 Å². The van der Waals surface area contributed by atoms with Gasteiger partial charge in [0.1, 0.15) is 0 Å². The number of carboxylic acid groups (broad SMARTS) is 1. The van der Waals surface area contributed by atoms with E-state index in [4.69, 9.17) is 5.11 Å². The molecule has 3 nitrogen and oxygen atoms in total. The molecular weight excluding hydrogens is 214 g/mol. The van der Waals surface area contributed by atoms with Gasteiger partial charge in [0.2, 0.25) is 0 Å². The van der Waals surface area contributed by atoms with Crippen LogP contribution in [0.4, 0.5) is 0 Å². The van der Waals surface area contributed by atoms with Crippen molar-refractivity contribution >= 4 is 5.97 Å². The second kappa shape index (κ2) is 4.88. The zero-order valence-corrected chi connectivity index (χ0v) is 10.4. The van der Waals surface area contributed by atoms with Crippen molar-refractivity contribution in [1.29, 1.82) is 0 Å². The summed E-state index contributed by atoms with van der Waals surface area (Å²) in [6, 6.07) is 8.77. The van der Waals surface area contributed by atoms with Crippen LogP contribution < -0.4 is 0 Å². The highest BCUT2D eigenvalue weighted by atomic mass is 16.4. The van der Waals surface area contributed by atoms with Crippen LogP contribution in [0.3, 0.4) is 0 Å². The molecule has 92 valence electrons. The fraction of sp³-hybridized carbons (Fsp3) is 0.500. The molecule has 0 bridgehead atoms. The van der Waals surface area contributed by atoms with Gasteiger partial charge in [0.15, 0.2) is 0 Å². The van der Waals surface area contributed by atoms with Crippen LogP contribution in [0, 0.1) is 12.8 Å². The van der Waals surface area contributed by atoms with Gasteiger partial charge in [-0.25, -0.2) is 0 Å². The highest BCUT2D eigenvalue weighted by molar-refractivity contribution is 5.74. The summed E-state index contributed by atoms with van der Waals surface area (Å²) in [6.45, 7) is 3.01. The summed E-state index contributed by atoms with van der Waals surface area (Å²) in [7, 11) is 2.02. The Morgan fingerprint density at radius 2 is 2.06 bits per heavy atom. The van der Waals surface area contributed by atoms with E-state index in [-0.39, 0.29) is 12.0 Å². The van der Waals surface area contributed by atoms with E-state index in [0.717, 1.165) is 19.4 Å². The van der Waals surface area contributed by atoms with Crippen LogP contribution in [0.1, 0.15) is 17.5 Å². The van der Waals surface area contributed by atoms with Gasteiger partial charge in [-0.1, -0.05) is 29.8 Å². The number of likely N-dealkylation sites (N-methyl/N-ethyl adjacent to an activating group) is 1. The molecule has 2 atom stereocenters. The largest absolute Gasteiger partial charge is 0.481 e. The lowest BCUT2D eigenvalue weighted by Gasteiger charge is -2.16. The lowest BCUT2D eigenvalue weighted by Crippen LogP contribution is -2.26. The molecule has 1 fully saturated rings. The van der Waals surface area contributed by atoms with Crippen molar-refractivity contribution in [3.63, 3.8) is 0 Å². The van der Waals surface area contributed by atoms with Gasteiger partial charge in [-0.05, 0) is 32.4 Å². The van der Waals surface area contributed by atoms with E-state index in [2.05, 4.69) is 36.1 Å². The Morgan fingerprint density at radius 3 is 2.59 bits per heavy atom. The van der Waals surface area contributed by atoms with E-state index in [1.54, 1.807) is 0 Å². The fourth-order valence-electron chi connectivity index (χ4n) is 2.16. The van der Waals surface area contributed by atoms with Crippen LogP contribution in [-0.4, -0.2) is 35.6 Å². The summed E-state index contributed by atoms with van der Waals surface area (Å²) in [5.41, 5.74) is 2.59. The predicted octanol–water partition coefficient (Wildman–Crippen LogP) is 1.94. The summed E-state index contributed by atoms with van der Waals surface area (Å²) in [5, 5.41) is 8.86. The van der Waals surface area contributed by atoms with Gasteiger partial charge in [-0.2, -0.15) is 0 Å². The molecule has 0 amide bonds. The predicted molar refractivity (Wildman–Crippen MR) is 67.0 cm³/mol. The third-order valence-electron chi connectivity index (χ3n) is 3.51. The normalized spacial score (nSPS) is 22.8. The maximum Gasteiger partial charge on any atom is 0.308 e. The van der Waals surface area contributed by atoms with Crippen molar-refractivity contribution in [2.45, 2.75) is 25.8 Å². The molecule has 17 heavy (non-hydrogen) atoms. The van der Waals surface area contributed by atoms with Gasteiger partial charge < -0.3 is 10.0 Å². The van der Waals surface area contributed by atoms with E-state index in [1.165, 1.54) is 11.1 Å². The number of benzene rings is 1. The van der Waals surface area contributed by atoms with Crippen molar-refractivity contribution in [3.05, 3.63) is 35.4 Å². The molecule has 1 aromatic rings. The molecule has 1 N–H and O–H groups in total. The molecule has 1 saturated carbocycles. The zero-order chi connectivity index (χ0) is 12.4. The molecule has 0 heterocycles. The van der Waals surface area contributed by atoms with Gasteiger partial charge in [-0.3, -0.25) is 4.79 Å². The number of carbonyl (C=O) groups is 1. The molecule has 1 aliphatic carbocycles. The van der Waals surface area contributed by atoms with Crippen LogP contribution >= 0.6 is 0 Å². The lowest BCUT2D eigenvalue weighted by atomic mass is 10.1. The number of aryl methyl sites for hydroxylation is 1. The highest BCUT2D eigenvalue weighted by Gasteiger charge is 2.45. The standard InChI is InChI=1S/C14H19NO2/c1-10-3-5-11(6-4-10)7-8-15(2)13-9-12(13)14(16)17/h3-6,12-13H,7-9H2,1-2H3,(H,16,17). The number of hydrogen-bond donors (Lipinski definition) is 1. The van der Waals surface area contributed by atoms with Crippen LogP contribution in [0.15, 0.2) is 24.3 Å². The van der Waals surface area contributed by atoms with Crippen molar-refractivity contribution in [3.8, 4) is 0 Å². The maximum absolute atomic E-state index is 10.8. The van der Waals surface area contributed by atoms with Crippen LogP contribution in [-0.2, 0) is 11.2 Å². The Hall–Kier alpha value is -1.35. The number of nitrogens with zero attached hydrogens (tertiary/aromatic N) is 1. The molecule has 3 heteroatoms. The molecule has 2 unspecified atom stereocenters. The summed E-state index contributed by atoms with van der Waals surface area (Å²) in [5.74, 6) is -0.796. The molecular formula is C14H19NO2. The number of carboxylic acids is 1. The van der Waals surface area contributed by atoms with E-state index in [1.807, 2.05) is 7.05 Å². The van der Waals surface area contributed by atoms with Crippen LogP contribution in [0.25, 0.3) is 0 Å². The van der Waals surface area contributed by atoms with Crippen molar-refractivity contribution in [2.75, 3.05) is 13.6 Å². The Morgan fingerprint density at radius 1 is 1.41 bits per heavy atom. The van der Waals surface area contributed by atoms with Crippen molar-refractivity contribution in [2.24, 2.45) is 5.92 Å². The first-order chi connectivity index (χ1) is 8.08. The molecule has 0 spiro atoms. The van der Waals surface area contributed by atoms with Crippen LogP contribution in [0.5, 0.6) is 0 Å². The van der Waals surface area contributed by atoms with Gasteiger partial charge >= 0.3 is 5.97 Å². The Kier molecular flexibility index (Phi) is 3.48. The first kappa shape index (κ1) is 12.1. The summed E-state index contributed by atoms with van der Waals surface area (Å²) in [6.07, 6.45) is 1.79. The second-order valence-corrected chi connectivity index (χ2v) is 4.96. The molecule has 2 rings (SSSR count). The first-order valence-corrected chi connectivity index (χ1v) is 6.06. The number of hydrogen-bond acceptors (Lipinski definition) is 2. The van der Waals surface area contributed by atoms with E-state index < -0.39 is 5.97 Å². The van der Waals surface area contributed by atoms with Gasteiger partial charge in [-0.15, -0.1) is 0 Å². The monoisotopic (exact) mass is 233 g/mol. The van der Waals surface area contributed by atoms with E-state index >= 15 is 0 Å². The fourth-order valence-corrected chi connectivity index (χ4v) is 2.16. The lowest BCUT2D eigenvalue weighted by molar-refractivity contribution is -0.138. The number of rotatable bonds is 5. The van der Waals surface area contributed by atoms with E-state index in [9.17, 15) is 4.79 Å². The van der Waals surface area contributed by atoms with Gasteiger partial charge in [0.05, 0.1) is 5.92 Å². The molecule has 1 aromatic carbocycles. The minimum atomic E-state index is -0.655. The average Bonchev–Trinajstić information content (AvgIpc) is 3.08. The summed E-state index contributed by atoms with van der Waals surface area (Å²) < 4.78 is 0. The Balaban J connectivity index is 1.79. The van der Waals surface area contributed by atoms with Crippen molar-refractivity contribution < 1.29 is 9.90 Å². The third-order valence-corrected chi connectivity index (χ3v) is 3.51. The average molecular weight is 233 g/mol. The number of aliphatic carboxylic acids is 1. The minimum absolute atomic E-state index is 0.141. The molecule has 0 radical (unpaired) electrons. The van der Waals surface area contributed by atoms with Crippen LogP contribution in [0.2, 0.25) is 0 Å². The highest BCUT2D eigenvalue weighted by Crippen LogP contribution is 2.34. The molecule has 0 saturated heterocycles. The summed E-state index contributed by atoms with van der Waals surface area (Å²) >= 11 is 0. The maximum atomic E-state index is 10.8. The quantitative estimate of drug-likeness (QED) is 0.845. The topological polar surface area (TPSA) is 40.5 Å². The first-order valence-electron chi connectivity index (χ1n) is 6.06. The molecule has 0 aliphatic heterocycles. The molecule has 1 aliphatic rings.